The van der Waals surface area contributed by atoms with Gasteiger partial charge in [-0.05, 0) is 45.8 Å². The van der Waals surface area contributed by atoms with Crippen LogP contribution in [-0.4, -0.2) is 51.3 Å². The molecule has 1 N–H and O–H groups in total. The number of hydrogen-bond acceptors (Lipinski definition) is 3. The number of ether oxygens (including phenoxy) is 1. The van der Waals surface area contributed by atoms with Crippen molar-refractivity contribution in [1.82, 2.24) is 10.2 Å². The second kappa shape index (κ2) is 7.21. The van der Waals surface area contributed by atoms with Gasteiger partial charge in [-0.25, -0.2) is 0 Å². The zero-order chi connectivity index (χ0) is 10.2. The lowest BCUT2D eigenvalue weighted by molar-refractivity contribution is 0.160. The van der Waals surface area contributed by atoms with Gasteiger partial charge in [-0.1, -0.05) is 0 Å². The number of nitrogens with one attached hydrogen (secondary N) is 1. The van der Waals surface area contributed by atoms with Crippen LogP contribution in [0.1, 0.15) is 25.7 Å². The maximum Gasteiger partial charge on any atom is 0.0589 e. The molecule has 0 aromatic heterocycles. The van der Waals surface area contributed by atoms with E-state index in [-0.39, 0.29) is 0 Å². The van der Waals surface area contributed by atoms with Gasteiger partial charge in [0.05, 0.1) is 6.61 Å². The summed E-state index contributed by atoms with van der Waals surface area (Å²) in [4.78, 5) is 2.35. The largest absolute Gasteiger partial charge is 0.383 e. The number of methoxy groups -OCH3 is 1. The topological polar surface area (TPSA) is 24.5 Å². The van der Waals surface area contributed by atoms with E-state index in [0.717, 1.165) is 19.2 Å². The standard InChI is InChI=1S/C11H24N2O/c1-13(9-10-14-2)8-4-6-11-5-3-7-12-11/h11-12H,3-10H2,1-2H3. The summed E-state index contributed by atoms with van der Waals surface area (Å²) in [6, 6.07) is 0.797. The molecule has 0 spiro atoms. The molecule has 1 aliphatic rings. The van der Waals surface area contributed by atoms with Crippen molar-refractivity contribution in [3.8, 4) is 0 Å². The van der Waals surface area contributed by atoms with Crippen molar-refractivity contribution in [3.05, 3.63) is 0 Å². The highest BCUT2D eigenvalue weighted by Gasteiger charge is 2.13. The Balaban J connectivity index is 1.91. The second-order valence-corrected chi connectivity index (χ2v) is 4.23. The number of likely N-dealkylation sites (N-methyl/N-ethyl adjacent to an activating group) is 1. The SMILES string of the molecule is COCCN(C)CCCC1CCCN1. The van der Waals surface area contributed by atoms with E-state index in [9.17, 15) is 0 Å². The first-order valence-electron chi connectivity index (χ1n) is 5.74. The molecule has 1 heterocycles. The Morgan fingerprint density at radius 1 is 1.43 bits per heavy atom. The van der Waals surface area contributed by atoms with Crippen molar-refractivity contribution in [2.45, 2.75) is 31.7 Å². The van der Waals surface area contributed by atoms with Crippen molar-refractivity contribution in [2.75, 3.05) is 40.4 Å². The van der Waals surface area contributed by atoms with E-state index in [4.69, 9.17) is 4.74 Å². The summed E-state index contributed by atoms with van der Waals surface area (Å²) in [5.74, 6) is 0. The van der Waals surface area contributed by atoms with Gasteiger partial charge in [0.1, 0.15) is 0 Å². The van der Waals surface area contributed by atoms with Gasteiger partial charge in [-0.2, -0.15) is 0 Å². The van der Waals surface area contributed by atoms with Crippen molar-refractivity contribution in [2.24, 2.45) is 0 Å². The van der Waals surface area contributed by atoms with E-state index in [1.165, 1.54) is 38.8 Å². The van der Waals surface area contributed by atoms with Gasteiger partial charge < -0.3 is 15.0 Å². The molecule has 1 atom stereocenters. The molecule has 1 unspecified atom stereocenters. The lowest BCUT2D eigenvalue weighted by Crippen LogP contribution is -2.26. The summed E-state index contributed by atoms with van der Waals surface area (Å²) < 4.78 is 5.04. The number of hydrogen-bond donors (Lipinski definition) is 1. The third kappa shape index (κ3) is 4.94. The Morgan fingerprint density at radius 3 is 2.93 bits per heavy atom. The molecule has 3 heteroatoms. The summed E-state index contributed by atoms with van der Waals surface area (Å²) in [6.07, 6.45) is 5.38. The third-order valence-corrected chi connectivity index (χ3v) is 2.93. The van der Waals surface area contributed by atoms with Crippen LogP contribution < -0.4 is 5.32 Å². The molecule has 0 bridgehead atoms. The maximum atomic E-state index is 5.04. The molecule has 1 rings (SSSR count). The van der Waals surface area contributed by atoms with Gasteiger partial charge in [0.15, 0.2) is 0 Å². The van der Waals surface area contributed by atoms with Crippen LogP contribution >= 0.6 is 0 Å². The van der Waals surface area contributed by atoms with Crippen LogP contribution in [0, 0.1) is 0 Å². The Labute approximate surface area is 87.8 Å². The van der Waals surface area contributed by atoms with Crippen LogP contribution in [0.15, 0.2) is 0 Å². The second-order valence-electron chi connectivity index (χ2n) is 4.23. The Hall–Kier alpha value is -0.120. The molecule has 1 saturated heterocycles. The normalized spacial score (nSPS) is 22.1. The van der Waals surface area contributed by atoms with Crippen LogP contribution in [-0.2, 0) is 4.74 Å². The van der Waals surface area contributed by atoms with Gasteiger partial charge >= 0.3 is 0 Å². The summed E-state index contributed by atoms with van der Waals surface area (Å²) in [5, 5.41) is 3.53. The highest BCUT2D eigenvalue weighted by atomic mass is 16.5. The van der Waals surface area contributed by atoms with E-state index in [0.29, 0.717) is 0 Å². The minimum absolute atomic E-state index is 0.797. The van der Waals surface area contributed by atoms with E-state index in [1.807, 2.05) is 0 Å². The van der Waals surface area contributed by atoms with Crippen LogP contribution in [0.2, 0.25) is 0 Å². The zero-order valence-electron chi connectivity index (χ0n) is 9.59. The molecule has 0 radical (unpaired) electrons. The molecule has 1 fully saturated rings. The molecule has 84 valence electrons. The smallest absolute Gasteiger partial charge is 0.0589 e. The summed E-state index contributed by atoms with van der Waals surface area (Å²) in [7, 11) is 3.93. The minimum atomic E-state index is 0.797. The quantitative estimate of drug-likeness (QED) is 0.666. The molecule has 0 saturated carbocycles. The lowest BCUT2D eigenvalue weighted by atomic mass is 10.1. The van der Waals surface area contributed by atoms with E-state index >= 15 is 0 Å². The van der Waals surface area contributed by atoms with Gasteiger partial charge in [0.2, 0.25) is 0 Å². The van der Waals surface area contributed by atoms with Crippen molar-refractivity contribution in [1.29, 1.82) is 0 Å². The van der Waals surface area contributed by atoms with Gasteiger partial charge in [0, 0.05) is 19.7 Å². The molecule has 3 nitrogen and oxygen atoms in total. The minimum Gasteiger partial charge on any atom is -0.383 e. The van der Waals surface area contributed by atoms with Crippen molar-refractivity contribution in [3.63, 3.8) is 0 Å². The fourth-order valence-electron chi connectivity index (χ4n) is 1.97. The Morgan fingerprint density at radius 2 is 2.29 bits per heavy atom. The highest BCUT2D eigenvalue weighted by Crippen LogP contribution is 2.10. The van der Waals surface area contributed by atoms with Crippen LogP contribution in [0.4, 0.5) is 0 Å². The predicted molar refractivity (Wildman–Crippen MR) is 59.6 cm³/mol. The third-order valence-electron chi connectivity index (χ3n) is 2.93. The lowest BCUT2D eigenvalue weighted by Gasteiger charge is -2.17. The number of rotatable bonds is 7. The molecule has 0 aliphatic carbocycles. The molecule has 1 aliphatic heterocycles. The molecular weight excluding hydrogens is 176 g/mol. The number of nitrogens with zero attached hydrogens (tertiary/aromatic N) is 1. The van der Waals surface area contributed by atoms with E-state index in [2.05, 4.69) is 17.3 Å². The first kappa shape index (κ1) is 12.0. The van der Waals surface area contributed by atoms with Crippen molar-refractivity contribution >= 4 is 0 Å². The van der Waals surface area contributed by atoms with E-state index < -0.39 is 0 Å². The van der Waals surface area contributed by atoms with Crippen LogP contribution in [0.5, 0.6) is 0 Å². The van der Waals surface area contributed by atoms with Crippen molar-refractivity contribution < 1.29 is 4.74 Å². The first-order chi connectivity index (χ1) is 6.83. The summed E-state index contributed by atoms with van der Waals surface area (Å²) in [5.41, 5.74) is 0. The van der Waals surface area contributed by atoms with Gasteiger partial charge in [-0.15, -0.1) is 0 Å². The summed E-state index contributed by atoms with van der Waals surface area (Å²) >= 11 is 0. The fraction of sp³-hybridized carbons (Fsp3) is 1.00. The van der Waals surface area contributed by atoms with Gasteiger partial charge in [0.25, 0.3) is 0 Å². The molecule has 0 aromatic carbocycles. The van der Waals surface area contributed by atoms with Gasteiger partial charge in [-0.3, -0.25) is 0 Å². The average molecular weight is 200 g/mol. The predicted octanol–water partition coefficient (Wildman–Crippen LogP) is 1.10. The Kier molecular flexibility index (Phi) is 6.15. The molecular formula is C11H24N2O. The van der Waals surface area contributed by atoms with E-state index in [1.54, 1.807) is 7.11 Å². The van der Waals surface area contributed by atoms with Crippen LogP contribution in [0.25, 0.3) is 0 Å². The monoisotopic (exact) mass is 200 g/mol. The first-order valence-corrected chi connectivity index (χ1v) is 5.74. The molecule has 14 heavy (non-hydrogen) atoms. The summed E-state index contributed by atoms with van der Waals surface area (Å²) in [6.45, 7) is 4.32. The van der Waals surface area contributed by atoms with Crippen LogP contribution in [0.3, 0.4) is 0 Å². The highest BCUT2D eigenvalue weighted by molar-refractivity contribution is 4.74. The average Bonchev–Trinajstić information content (AvgIpc) is 2.67. The maximum absolute atomic E-state index is 5.04. The zero-order valence-corrected chi connectivity index (χ0v) is 9.59. The molecule has 0 amide bonds. The Bertz CT molecular complexity index is 135. The fourth-order valence-corrected chi connectivity index (χ4v) is 1.97. The molecule has 0 aromatic rings.